The minimum absolute atomic E-state index is 0.0131. The van der Waals surface area contributed by atoms with Gasteiger partial charge in [-0.3, -0.25) is 0 Å². The van der Waals surface area contributed by atoms with Gasteiger partial charge in [0.25, 0.3) is 0 Å². The molecular weight excluding hydrogens is 240 g/mol. The smallest absolute Gasteiger partial charge is 0.0195 e. The van der Waals surface area contributed by atoms with E-state index in [1.54, 1.807) is 0 Å². The second-order valence-electron chi connectivity index (χ2n) is 6.76. The van der Waals surface area contributed by atoms with Crippen LogP contribution in [0.2, 0.25) is 0 Å². The molecule has 2 aliphatic rings. The number of allylic oxidation sites excluding steroid dienone is 10. The van der Waals surface area contributed by atoms with Gasteiger partial charge in [0.2, 0.25) is 0 Å². The molecule has 0 nitrogen and oxygen atoms in total. The minimum atomic E-state index is -0.0131. The molecule has 0 saturated heterocycles. The van der Waals surface area contributed by atoms with Crippen LogP contribution in [0.25, 0.3) is 0 Å². The molecule has 0 N–H and O–H groups in total. The van der Waals surface area contributed by atoms with Gasteiger partial charge in [0, 0.05) is 10.8 Å². The first-order valence-corrected chi connectivity index (χ1v) is 7.27. The average Bonchev–Trinajstić information content (AvgIpc) is 2.34. The molecule has 0 aromatic rings. The Balaban J connectivity index is 2.65. The summed E-state index contributed by atoms with van der Waals surface area (Å²) < 4.78 is 0. The monoisotopic (exact) mass is 266 g/mol. The largest absolute Gasteiger partial charge is 0.0915 e. The zero-order valence-corrected chi connectivity index (χ0v) is 13.7. The molecule has 2 unspecified atom stereocenters. The maximum Gasteiger partial charge on any atom is 0.0195 e. The molecule has 20 heavy (non-hydrogen) atoms. The van der Waals surface area contributed by atoms with Crippen LogP contribution < -0.4 is 0 Å². The van der Waals surface area contributed by atoms with Crippen molar-refractivity contribution in [1.82, 2.24) is 0 Å². The van der Waals surface area contributed by atoms with E-state index in [0.29, 0.717) is 0 Å². The molecule has 0 saturated carbocycles. The van der Waals surface area contributed by atoms with Crippen molar-refractivity contribution in [2.24, 2.45) is 10.8 Å². The van der Waals surface area contributed by atoms with Crippen LogP contribution in [-0.2, 0) is 0 Å². The Hall–Kier alpha value is -1.56. The molecule has 0 radical (unpaired) electrons. The highest BCUT2D eigenvalue weighted by atomic mass is 14.5. The zero-order chi connectivity index (χ0) is 15.3. The van der Waals surface area contributed by atoms with Crippen LogP contribution in [0.3, 0.4) is 0 Å². The number of hydrogen-bond donors (Lipinski definition) is 0. The van der Waals surface area contributed by atoms with Crippen molar-refractivity contribution in [3.63, 3.8) is 0 Å². The average molecular weight is 266 g/mol. The second kappa shape index (κ2) is 4.48. The SMILES string of the molecule is C=C1C=C(C)C(C)(C2(C)C=C(C)C(=C)C=C2C)C=C1C. The topological polar surface area (TPSA) is 0 Å². The van der Waals surface area contributed by atoms with E-state index in [0.717, 1.165) is 11.1 Å². The summed E-state index contributed by atoms with van der Waals surface area (Å²) in [5.74, 6) is 0. The van der Waals surface area contributed by atoms with Gasteiger partial charge in [-0.25, -0.2) is 0 Å². The van der Waals surface area contributed by atoms with Crippen molar-refractivity contribution in [3.8, 4) is 0 Å². The Morgan fingerprint density at radius 2 is 1.00 bits per heavy atom. The molecule has 0 spiro atoms. The Kier molecular flexibility index (Phi) is 3.32. The molecule has 0 aliphatic heterocycles. The lowest BCUT2D eigenvalue weighted by molar-refractivity contribution is 0.271. The maximum absolute atomic E-state index is 4.14. The van der Waals surface area contributed by atoms with Gasteiger partial charge in [0.15, 0.2) is 0 Å². The zero-order valence-electron chi connectivity index (χ0n) is 13.7. The summed E-state index contributed by atoms with van der Waals surface area (Å²) in [6.07, 6.45) is 9.25. The quantitative estimate of drug-likeness (QED) is 0.552. The summed E-state index contributed by atoms with van der Waals surface area (Å²) in [5.41, 5.74) is 7.55. The van der Waals surface area contributed by atoms with Gasteiger partial charge in [0.05, 0.1) is 0 Å². The van der Waals surface area contributed by atoms with Gasteiger partial charge < -0.3 is 0 Å². The summed E-state index contributed by atoms with van der Waals surface area (Å²) in [6, 6.07) is 0. The van der Waals surface area contributed by atoms with Crippen LogP contribution in [0, 0.1) is 10.8 Å². The molecule has 106 valence electrons. The molecule has 0 amide bonds. The van der Waals surface area contributed by atoms with Crippen molar-refractivity contribution in [3.05, 3.63) is 70.9 Å². The summed E-state index contributed by atoms with van der Waals surface area (Å²) in [6.45, 7) is 21.7. The summed E-state index contributed by atoms with van der Waals surface area (Å²) in [4.78, 5) is 0. The third-order valence-electron chi connectivity index (χ3n) is 5.52. The first-order chi connectivity index (χ1) is 9.11. The predicted octanol–water partition coefficient (Wildman–Crippen LogP) is 5.92. The predicted molar refractivity (Wildman–Crippen MR) is 89.5 cm³/mol. The maximum atomic E-state index is 4.14. The molecular formula is C20H26. The third kappa shape index (κ3) is 1.90. The summed E-state index contributed by atoms with van der Waals surface area (Å²) >= 11 is 0. The number of rotatable bonds is 1. The fraction of sp³-hybridized carbons (Fsp3) is 0.400. The van der Waals surface area contributed by atoms with Crippen molar-refractivity contribution in [2.75, 3.05) is 0 Å². The van der Waals surface area contributed by atoms with Gasteiger partial charge in [0.1, 0.15) is 0 Å². The first kappa shape index (κ1) is 14.8. The van der Waals surface area contributed by atoms with Crippen LogP contribution in [0.4, 0.5) is 0 Å². The fourth-order valence-electron chi connectivity index (χ4n) is 3.45. The lowest BCUT2D eigenvalue weighted by Crippen LogP contribution is -2.39. The van der Waals surface area contributed by atoms with Crippen molar-refractivity contribution >= 4 is 0 Å². The van der Waals surface area contributed by atoms with E-state index in [9.17, 15) is 0 Å². The Labute approximate surface area is 124 Å². The van der Waals surface area contributed by atoms with Gasteiger partial charge in [-0.05, 0) is 50.0 Å². The summed E-state index contributed by atoms with van der Waals surface area (Å²) in [7, 11) is 0. The molecule has 0 heterocycles. The van der Waals surface area contributed by atoms with Crippen LogP contribution in [0.15, 0.2) is 70.9 Å². The number of hydrogen-bond acceptors (Lipinski definition) is 0. The van der Waals surface area contributed by atoms with Crippen molar-refractivity contribution in [1.29, 1.82) is 0 Å². The molecule has 0 aromatic heterocycles. The van der Waals surface area contributed by atoms with Crippen LogP contribution >= 0.6 is 0 Å². The van der Waals surface area contributed by atoms with E-state index in [1.165, 1.54) is 22.3 Å². The Morgan fingerprint density at radius 1 is 0.700 bits per heavy atom. The van der Waals surface area contributed by atoms with Crippen LogP contribution in [0.1, 0.15) is 41.5 Å². The molecule has 0 aromatic carbocycles. The van der Waals surface area contributed by atoms with Gasteiger partial charge in [-0.15, -0.1) is 0 Å². The highest BCUT2D eigenvalue weighted by Gasteiger charge is 2.46. The summed E-state index contributed by atoms with van der Waals surface area (Å²) in [5, 5.41) is 0. The Bertz CT molecular complexity index is 562. The Morgan fingerprint density at radius 3 is 1.30 bits per heavy atom. The van der Waals surface area contributed by atoms with Gasteiger partial charge >= 0.3 is 0 Å². The van der Waals surface area contributed by atoms with E-state index < -0.39 is 0 Å². The molecule has 0 heteroatoms. The molecule has 2 rings (SSSR count). The normalized spacial score (nSPS) is 34.3. The van der Waals surface area contributed by atoms with E-state index in [4.69, 9.17) is 0 Å². The van der Waals surface area contributed by atoms with E-state index in [1.807, 2.05) is 0 Å². The van der Waals surface area contributed by atoms with Crippen LogP contribution in [-0.4, -0.2) is 0 Å². The van der Waals surface area contributed by atoms with Crippen molar-refractivity contribution < 1.29 is 0 Å². The molecule has 0 bridgehead atoms. The fourth-order valence-corrected chi connectivity index (χ4v) is 3.45. The first-order valence-electron chi connectivity index (χ1n) is 7.27. The highest BCUT2D eigenvalue weighted by Crippen LogP contribution is 2.56. The van der Waals surface area contributed by atoms with E-state index in [-0.39, 0.29) is 10.8 Å². The lowest BCUT2D eigenvalue weighted by atomic mass is 9.55. The highest BCUT2D eigenvalue weighted by molar-refractivity contribution is 5.54. The minimum Gasteiger partial charge on any atom is -0.0915 e. The van der Waals surface area contributed by atoms with Crippen LogP contribution in [0.5, 0.6) is 0 Å². The van der Waals surface area contributed by atoms with Gasteiger partial charge in [-0.1, -0.05) is 62.5 Å². The molecule has 0 fully saturated rings. The van der Waals surface area contributed by atoms with Gasteiger partial charge in [-0.2, -0.15) is 0 Å². The second-order valence-corrected chi connectivity index (χ2v) is 6.76. The third-order valence-corrected chi connectivity index (χ3v) is 5.52. The molecule has 2 atom stereocenters. The molecule has 2 aliphatic carbocycles. The van der Waals surface area contributed by atoms with E-state index in [2.05, 4.69) is 79.0 Å². The lowest BCUT2D eigenvalue weighted by Gasteiger charge is -2.49. The standard InChI is InChI=1S/C20H26/c1-13-9-17(5)19(7,11-15(13)3)20(8)12-16(4)14(2)10-18(20)6/h9-12H,1-2H2,3-8H3. The van der Waals surface area contributed by atoms with Crippen molar-refractivity contribution in [2.45, 2.75) is 41.5 Å². The van der Waals surface area contributed by atoms with E-state index >= 15 is 0 Å².